The van der Waals surface area contributed by atoms with Crippen LogP contribution in [0.1, 0.15) is 36.3 Å². The lowest BCUT2D eigenvalue weighted by Gasteiger charge is -2.15. The number of imidazole rings is 1. The van der Waals surface area contributed by atoms with Crippen molar-refractivity contribution in [3.63, 3.8) is 0 Å². The Bertz CT molecular complexity index is 1760. The molecule has 0 bridgehead atoms. The monoisotopic (exact) mass is 634 g/mol. The van der Waals surface area contributed by atoms with Gasteiger partial charge in [0.15, 0.2) is 0 Å². The summed E-state index contributed by atoms with van der Waals surface area (Å²) in [5, 5.41) is 22.1. The highest BCUT2D eigenvalue weighted by molar-refractivity contribution is 6.32. The molecule has 1 unspecified atom stereocenters. The Hall–Kier alpha value is -5.01. The van der Waals surface area contributed by atoms with Crippen LogP contribution in [0.4, 0.5) is 10.5 Å². The van der Waals surface area contributed by atoms with Crippen molar-refractivity contribution in [3.8, 4) is 16.9 Å². The van der Waals surface area contributed by atoms with Crippen LogP contribution in [0.15, 0.2) is 67.3 Å². The van der Waals surface area contributed by atoms with E-state index in [-0.39, 0.29) is 5.91 Å². The third-order valence-electron chi connectivity index (χ3n) is 6.49. The van der Waals surface area contributed by atoms with E-state index in [9.17, 15) is 9.59 Å². The van der Waals surface area contributed by atoms with Crippen molar-refractivity contribution >= 4 is 47.0 Å². The van der Waals surface area contributed by atoms with E-state index < -0.39 is 12.1 Å². The van der Waals surface area contributed by atoms with Crippen LogP contribution in [0.25, 0.3) is 23.0 Å². The lowest BCUT2D eigenvalue weighted by atomic mass is 10.1. The van der Waals surface area contributed by atoms with E-state index in [2.05, 4.69) is 47.9 Å². The SMILES string of the molecule is CCCn1cc(CC(NC(=O)/C=C/c2cc(Cl)ccc2-n2cnnn2)c2nc(-c3ccc(NC(=O)OC)cc3)c(Cl)[nH]2)cn1. The first kappa shape index (κ1) is 30.4. The predicted molar refractivity (Wildman–Crippen MR) is 165 cm³/mol. The van der Waals surface area contributed by atoms with Crippen LogP contribution in [-0.2, 0) is 22.5 Å². The minimum Gasteiger partial charge on any atom is -0.453 e. The van der Waals surface area contributed by atoms with Gasteiger partial charge < -0.3 is 15.0 Å². The van der Waals surface area contributed by atoms with Gasteiger partial charge in [-0.25, -0.2) is 9.78 Å². The van der Waals surface area contributed by atoms with Crippen molar-refractivity contribution in [2.45, 2.75) is 32.4 Å². The molecule has 0 aliphatic rings. The molecule has 5 rings (SSSR count). The van der Waals surface area contributed by atoms with Crippen LogP contribution in [0.2, 0.25) is 10.2 Å². The number of H-pyrrole nitrogens is 1. The summed E-state index contributed by atoms with van der Waals surface area (Å²) < 4.78 is 7.98. The molecule has 15 heteroatoms. The number of anilines is 1. The van der Waals surface area contributed by atoms with Gasteiger partial charge in [0.1, 0.15) is 23.0 Å². The van der Waals surface area contributed by atoms with Gasteiger partial charge in [-0.3, -0.25) is 14.8 Å². The Morgan fingerprint density at radius 2 is 1.98 bits per heavy atom. The standard InChI is InChI=1S/C29H28Cl2N10O3/c1-3-12-40-16-18(15-33-40)13-23(28-36-26(27(31)37-28)19-4-8-22(9-5-19)34-29(43)44-2)35-25(42)11-6-20-14-21(30)7-10-24(20)41-17-32-38-39-41/h4-11,14-17,23H,3,12-13H2,1-2H3,(H,34,43)(H,35,42)(H,36,37)/b11-6+. The van der Waals surface area contributed by atoms with Crippen LogP contribution in [-0.4, -0.2) is 59.1 Å². The summed E-state index contributed by atoms with van der Waals surface area (Å²) in [6, 6.07) is 11.6. The molecule has 0 saturated heterocycles. The fraction of sp³-hybridized carbons (Fsp3) is 0.207. The topological polar surface area (TPSA) is 158 Å². The van der Waals surface area contributed by atoms with Crippen molar-refractivity contribution in [2.75, 3.05) is 12.4 Å². The van der Waals surface area contributed by atoms with Gasteiger partial charge in [0.2, 0.25) is 5.91 Å². The lowest BCUT2D eigenvalue weighted by molar-refractivity contribution is -0.117. The number of carbonyl (C=O) groups is 2. The first-order valence-corrected chi connectivity index (χ1v) is 14.3. The van der Waals surface area contributed by atoms with Gasteiger partial charge >= 0.3 is 6.09 Å². The number of aromatic amines is 1. The number of hydrogen-bond donors (Lipinski definition) is 3. The Kier molecular flexibility index (Phi) is 9.67. The number of ether oxygens (including phenoxy) is 1. The smallest absolute Gasteiger partial charge is 0.411 e. The van der Waals surface area contributed by atoms with E-state index in [1.807, 2.05) is 10.9 Å². The minimum atomic E-state index is -0.574. The van der Waals surface area contributed by atoms with E-state index in [4.69, 9.17) is 28.2 Å². The molecular formula is C29H28Cl2N10O3. The number of benzene rings is 2. The number of nitrogens with zero attached hydrogens (tertiary/aromatic N) is 7. The zero-order valence-corrected chi connectivity index (χ0v) is 25.2. The summed E-state index contributed by atoms with van der Waals surface area (Å²) in [6.07, 6.45) is 8.99. The highest BCUT2D eigenvalue weighted by atomic mass is 35.5. The summed E-state index contributed by atoms with van der Waals surface area (Å²) in [6.45, 7) is 2.85. The Balaban J connectivity index is 1.40. The maximum Gasteiger partial charge on any atom is 0.411 e. The van der Waals surface area contributed by atoms with Gasteiger partial charge in [-0.1, -0.05) is 42.3 Å². The maximum atomic E-state index is 13.3. The molecule has 5 aromatic rings. The first-order valence-electron chi connectivity index (χ1n) is 13.6. The molecule has 0 radical (unpaired) electrons. The number of aryl methyl sites for hydroxylation is 1. The van der Waals surface area contributed by atoms with Gasteiger partial charge in [-0.2, -0.15) is 9.78 Å². The largest absolute Gasteiger partial charge is 0.453 e. The van der Waals surface area contributed by atoms with Gasteiger partial charge in [0.25, 0.3) is 0 Å². The molecule has 13 nitrogen and oxygen atoms in total. The molecule has 3 N–H and O–H groups in total. The Morgan fingerprint density at radius 1 is 1.16 bits per heavy atom. The minimum absolute atomic E-state index is 0.301. The van der Waals surface area contributed by atoms with Crippen molar-refractivity contribution in [1.82, 2.24) is 45.3 Å². The Labute approximate surface area is 262 Å². The maximum absolute atomic E-state index is 13.3. The number of carbonyl (C=O) groups excluding carboxylic acids is 2. The normalized spacial score (nSPS) is 11.9. The van der Waals surface area contributed by atoms with E-state index in [0.29, 0.717) is 50.6 Å². The summed E-state index contributed by atoms with van der Waals surface area (Å²) >= 11 is 12.8. The third-order valence-corrected chi connectivity index (χ3v) is 7.00. The molecule has 2 amide bonds. The van der Waals surface area contributed by atoms with E-state index >= 15 is 0 Å². The predicted octanol–water partition coefficient (Wildman–Crippen LogP) is 5.26. The van der Waals surface area contributed by atoms with Crippen LogP contribution in [0.5, 0.6) is 0 Å². The van der Waals surface area contributed by atoms with Crippen molar-refractivity contribution in [1.29, 1.82) is 0 Å². The summed E-state index contributed by atoms with van der Waals surface area (Å²) in [4.78, 5) is 32.7. The molecule has 0 aliphatic heterocycles. The van der Waals surface area contributed by atoms with Gasteiger partial charge in [-0.15, -0.1) is 5.10 Å². The van der Waals surface area contributed by atoms with Gasteiger partial charge in [0.05, 0.1) is 25.0 Å². The molecular weight excluding hydrogens is 607 g/mol. The van der Waals surface area contributed by atoms with E-state index in [1.54, 1.807) is 54.7 Å². The van der Waals surface area contributed by atoms with Crippen LogP contribution in [0, 0.1) is 0 Å². The number of methoxy groups -OCH3 is 1. The third kappa shape index (κ3) is 7.49. The molecule has 226 valence electrons. The van der Waals surface area contributed by atoms with Crippen LogP contribution >= 0.6 is 23.2 Å². The molecule has 3 aromatic heterocycles. The molecule has 2 aromatic carbocycles. The van der Waals surface area contributed by atoms with Gasteiger partial charge in [0, 0.05) is 47.1 Å². The first-order chi connectivity index (χ1) is 21.3. The molecule has 1 atom stereocenters. The summed E-state index contributed by atoms with van der Waals surface area (Å²) in [5.74, 6) is 0.0924. The number of nitrogens with one attached hydrogen (secondary N) is 3. The van der Waals surface area contributed by atoms with E-state index in [0.717, 1.165) is 18.5 Å². The van der Waals surface area contributed by atoms with Gasteiger partial charge in [-0.05, 0) is 58.8 Å². The second-order valence-electron chi connectivity index (χ2n) is 9.65. The number of rotatable bonds is 11. The number of aromatic nitrogens is 8. The average Bonchev–Trinajstić information content (AvgIpc) is 3.79. The zero-order chi connectivity index (χ0) is 31.1. The second kappa shape index (κ2) is 14.0. The molecule has 0 spiro atoms. The molecule has 0 aliphatic carbocycles. The molecule has 0 saturated carbocycles. The van der Waals surface area contributed by atoms with E-state index in [1.165, 1.54) is 24.2 Å². The highest BCUT2D eigenvalue weighted by Gasteiger charge is 2.22. The fourth-order valence-corrected chi connectivity index (χ4v) is 4.87. The molecule has 3 heterocycles. The zero-order valence-electron chi connectivity index (χ0n) is 23.7. The van der Waals surface area contributed by atoms with Crippen molar-refractivity contribution < 1.29 is 14.3 Å². The Morgan fingerprint density at radius 3 is 2.70 bits per heavy atom. The lowest BCUT2D eigenvalue weighted by Crippen LogP contribution is -2.29. The summed E-state index contributed by atoms with van der Waals surface area (Å²) in [7, 11) is 1.29. The van der Waals surface area contributed by atoms with Crippen molar-refractivity contribution in [3.05, 3.63) is 94.4 Å². The fourth-order valence-electron chi connectivity index (χ4n) is 4.45. The summed E-state index contributed by atoms with van der Waals surface area (Å²) in [5.41, 5.74) is 3.97. The molecule has 0 fully saturated rings. The van der Waals surface area contributed by atoms with Crippen LogP contribution in [0.3, 0.4) is 0 Å². The number of tetrazole rings is 1. The number of hydrogen-bond acceptors (Lipinski definition) is 8. The average molecular weight is 636 g/mol. The number of halogens is 2. The number of amides is 2. The van der Waals surface area contributed by atoms with Crippen LogP contribution < -0.4 is 10.6 Å². The van der Waals surface area contributed by atoms with Crippen molar-refractivity contribution in [2.24, 2.45) is 0 Å². The molecule has 44 heavy (non-hydrogen) atoms. The second-order valence-corrected chi connectivity index (χ2v) is 10.5. The highest BCUT2D eigenvalue weighted by Crippen LogP contribution is 2.29. The quantitative estimate of drug-likeness (QED) is 0.166.